The van der Waals surface area contributed by atoms with Crippen molar-refractivity contribution in [3.8, 4) is 22.6 Å². The van der Waals surface area contributed by atoms with Gasteiger partial charge in [-0.2, -0.15) is 17.6 Å². The summed E-state index contributed by atoms with van der Waals surface area (Å²) in [6.45, 7) is 9.19. The third-order valence-corrected chi connectivity index (χ3v) is 6.43. The molecule has 0 unspecified atom stereocenters. The Balaban J connectivity index is 2.06. The Kier molecular flexibility index (Phi) is 15.0. The number of ether oxygens (including phenoxy) is 4. The standard InChI is InChI=1S/C32H34F8O6/c1-17(2)31(41)45-15-11-7-5-9-13-43-29-25(37)21(33)19(22(34)26(29)38)20-23(35)27(39)30(28(40)24(20)36)44-14-10-6-8-12-16-46-32(42)18(3)4/h1,3,5-16H2,2,4H3. The number of benzene rings is 2. The number of esters is 2. The van der Waals surface area contributed by atoms with Crippen LogP contribution in [0.2, 0.25) is 0 Å². The molecule has 6 nitrogen and oxygen atoms in total. The lowest BCUT2D eigenvalue weighted by Crippen LogP contribution is -2.11. The molecular formula is C32H34F8O6. The number of carbonyl (C=O) groups excluding carboxylic acids is 2. The second kappa shape index (κ2) is 18.1. The van der Waals surface area contributed by atoms with Gasteiger partial charge < -0.3 is 18.9 Å². The van der Waals surface area contributed by atoms with Crippen LogP contribution >= 0.6 is 0 Å². The minimum atomic E-state index is -2.34. The van der Waals surface area contributed by atoms with Gasteiger partial charge in [0.25, 0.3) is 0 Å². The first-order valence-electron chi connectivity index (χ1n) is 14.3. The van der Waals surface area contributed by atoms with Gasteiger partial charge in [0.05, 0.1) is 37.6 Å². The molecule has 0 aliphatic heterocycles. The Labute approximate surface area is 261 Å². The van der Waals surface area contributed by atoms with Gasteiger partial charge in [0.15, 0.2) is 34.8 Å². The summed E-state index contributed by atoms with van der Waals surface area (Å²) in [5, 5.41) is 0. The molecule has 0 aromatic heterocycles. The molecule has 0 radical (unpaired) electrons. The number of rotatable bonds is 19. The highest BCUT2D eigenvalue weighted by molar-refractivity contribution is 5.87. The van der Waals surface area contributed by atoms with E-state index in [9.17, 15) is 44.7 Å². The normalized spacial score (nSPS) is 10.9. The molecule has 2 aromatic carbocycles. The summed E-state index contributed by atoms with van der Waals surface area (Å²) in [5.74, 6) is -22.2. The van der Waals surface area contributed by atoms with Crippen LogP contribution in [0.4, 0.5) is 35.1 Å². The Morgan fingerprint density at radius 1 is 0.457 bits per heavy atom. The summed E-state index contributed by atoms with van der Waals surface area (Å²) < 4.78 is 138. The fourth-order valence-electron chi connectivity index (χ4n) is 3.96. The predicted octanol–water partition coefficient (Wildman–Crippen LogP) is 8.58. The second-order valence-corrected chi connectivity index (χ2v) is 10.3. The maximum absolute atomic E-state index is 14.9. The average molecular weight is 667 g/mol. The summed E-state index contributed by atoms with van der Waals surface area (Å²) >= 11 is 0. The zero-order valence-electron chi connectivity index (χ0n) is 25.4. The molecule has 46 heavy (non-hydrogen) atoms. The van der Waals surface area contributed by atoms with Crippen molar-refractivity contribution in [2.45, 2.75) is 65.2 Å². The summed E-state index contributed by atoms with van der Waals surface area (Å²) in [5.41, 5.74) is -3.57. The van der Waals surface area contributed by atoms with E-state index in [-0.39, 0.29) is 37.2 Å². The van der Waals surface area contributed by atoms with Crippen molar-refractivity contribution in [3.05, 3.63) is 70.8 Å². The van der Waals surface area contributed by atoms with Crippen molar-refractivity contribution < 1.29 is 63.7 Å². The molecule has 0 aliphatic rings. The molecule has 0 spiro atoms. The van der Waals surface area contributed by atoms with Gasteiger partial charge in [-0.1, -0.05) is 13.2 Å². The maximum atomic E-state index is 14.9. The topological polar surface area (TPSA) is 71.1 Å². The van der Waals surface area contributed by atoms with Crippen LogP contribution in [0, 0.1) is 46.5 Å². The van der Waals surface area contributed by atoms with E-state index in [0.29, 0.717) is 38.5 Å². The van der Waals surface area contributed by atoms with Gasteiger partial charge >= 0.3 is 11.9 Å². The van der Waals surface area contributed by atoms with Crippen LogP contribution in [-0.2, 0) is 19.1 Å². The van der Waals surface area contributed by atoms with Gasteiger partial charge in [-0.25, -0.2) is 27.2 Å². The third kappa shape index (κ3) is 9.95. The first-order valence-corrected chi connectivity index (χ1v) is 14.3. The first-order chi connectivity index (χ1) is 21.7. The van der Waals surface area contributed by atoms with Crippen LogP contribution in [0.3, 0.4) is 0 Å². The molecule has 0 saturated heterocycles. The summed E-state index contributed by atoms with van der Waals surface area (Å²) in [7, 11) is 0. The number of hydrogen-bond donors (Lipinski definition) is 0. The monoisotopic (exact) mass is 666 g/mol. The molecule has 0 saturated carbocycles. The average Bonchev–Trinajstić information content (AvgIpc) is 3.01. The lowest BCUT2D eigenvalue weighted by Gasteiger charge is -2.16. The van der Waals surface area contributed by atoms with E-state index in [1.165, 1.54) is 13.8 Å². The number of hydrogen-bond acceptors (Lipinski definition) is 6. The smallest absolute Gasteiger partial charge is 0.333 e. The molecular weight excluding hydrogens is 632 g/mol. The SMILES string of the molecule is C=C(C)C(=O)OCCCCCCOc1c(F)c(F)c(-c2c(F)c(F)c(OCCCCCCOC(=O)C(=C)C)c(F)c2F)c(F)c1F. The summed E-state index contributed by atoms with van der Waals surface area (Å²) in [6.07, 6.45) is 3.04. The highest BCUT2D eigenvalue weighted by atomic mass is 19.2. The van der Waals surface area contributed by atoms with E-state index >= 15 is 0 Å². The van der Waals surface area contributed by atoms with E-state index in [2.05, 4.69) is 13.2 Å². The molecule has 0 atom stereocenters. The minimum absolute atomic E-state index is 0.104. The Bertz CT molecular complexity index is 1280. The second-order valence-electron chi connectivity index (χ2n) is 10.3. The van der Waals surface area contributed by atoms with Crippen LogP contribution < -0.4 is 9.47 Å². The molecule has 0 aliphatic carbocycles. The molecule has 0 amide bonds. The van der Waals surface area contributed by atoms with Crippen molar-refractivity contribution in [3.63, 3.8) is 0 Å². The lowest BCUT2D eigenvalue weighted by atomic mass is 10.0. The molecule has 14 heteroatoms. The van der Waals surface area contributed by atoms with E-state index in [0.717, 1.165) is 0 Å². The van der Waals surface area contributed by atoms with E-state index in [1.807, 2.05) is 0 Å². The van der Waals surface area contributed by atoms with Crippen molar-refractivity contribution in [1.29, 1.82) is 0 Å². The minimum Gasteiger partial charge on any atom is -0.487 e. The van der Waals surface area contributed by atoms with Gasteiger partial charge in [0.2, 0.25) is 23.3 Å². The van der Waals surface area contributed by atoms with Crippen LogP contribution in [0.1, 0.15) is 65.2 Å². The van der Waals surface area contributed by atoms with E-state index < -0.39 is 94.3 Å². The highest BCUT2D eigenvalue weighted by Crippen LogP contribution is 2.41. The van der Waals surface area contributed by atoms with Gasteiger partial charge in [0, 0.05) is 11.1 Å². The largest absolute Gasteiger partial charge is 0.487 e. The van der Waals surface area contributed by atoms with E-state index in [4.69, 9.17) is 18.9 Å². The van der Waals surface area contributed by atoms with Crippen LogP contribution in [0.5, 0.6) is 11.5 Å². The Morgan fingerprint density at radius 2 is 0.717 bits per heavy atom. The molecule has 2 aromatic rings. The van der Waals surface area contributed by atoms with Crippen molar-refractivity contribution in [2.24, 2.45) is 0 Å². The zero-order chi connectivity index (χ0) is 34.6. The van der Waals surface area contributed by atoms with Gasteiger partial charge in [-0.15, -0.1) is 0 Å². The van der Waals surface area contributed by atoms with Gasteiger partial charge in [-0.05, 0) is 65.2 Å². The van der Waals surface area contributed by atoms with E-state index in [1.54, 1.807) is 0 Å². The van der Waals surface area contributed by atoms with Gasteiger partial charge in [0.1, 0.15) is 0 Å². The number of halogens is 8. The number of carbonyl (C=O) groups is 2. The summed E-state index contributed by atoms with van der Waals surface area (Å²) in [4.78, 5) is 22.6. The third-order valence-electron chi connectivity index (χ3n) is 6.43. The molecule has 0 N–H and O–H groups in total. The Morgan fingerprint density at radius 3 is 0.978 bits per heavy atom. The van der Waals surface area contributed by atoms with Crippen LogP contribution in [-0.4, -0.2) is 38.4 Å². The fraction of sp³-hybridized carbons (Fsp3) is 0.438. The van der Waals surface area contributed by atoms with Crippen molar-refractivity contribution >= 4 is 11.9 Å². The highest BCUT2D eigenvalue weighted by Gasteiger charge is 2.35. The summed E-state index contributed by atoms with van der Waals surface area (Å²) in [6, 6.07) is 0. The quantitative estimate of drug-likeness (QED) is 0.0492. The number of unbranched alkanes of at least 4 members (excludes halogenated alkanes) is 6. The maximum Gasteiger partial charge on any atom is 0.333 e. The fourth-order valence-corrected chi connectivity index (χ4v) is 3.96. The van der Waals surface area contributed by atoms with Crippen molar-refractivity contribution in [2.75, 3.05) is 26.4 Å². The van der Waals surface area contributed by atoms with Crippen LogP contribution in [0.15, 0.2) is 24.3 Å². The van der Waals surface area contributed by atoms with Gasteiger partial charge in [-0.3, -0.25) is 0 Å². The molecule has 0 fully saturated rings. The van der Waals surface area contributed by atoms with Crippen LogP contribution in [0.25, 0.3) is 11.1 Å². The Hall–Kier alpha value is -4.10. The lowest BCUT2D eigenvalue weighted by molar-refractivity contribution is -0.139. The molecule has 0 bridgehead atoms. The molecule has 254 valence electrons. The first kappa shape index (κ1) is 38.1. The molecule has 2 rings (SSSR count). The zero-order valence-corrected chi connectivity index (χ0v) is 25.4. The predicted molar refractivity (Wildman–Crippen MR) is 151 cm³/mol. The molecule has 0 heterocycles. The van der Waals surface area contributed by atoms with Crippen molar-refractivity contribution in [1.82, 2.24) is 0 Å².